The van der Waals surface area contributed by atoms with Gasteiger partial charge in [0.05, 0.1) is 12.8 Å². The van der Waals surface area contributed by atoms with E-state index in [0.717, 1.165) is 5.56 Å². The molecule has 0 aliphatic carbocycles. The molecule has 1 aliphatic rings. The zero-order valence-corrected chi connectivity index (χ0v) is 13.5. The molecule has 0 fully saturated rings. The second-order valence-electron chi connectivity index (χ2n) is 5.59. The van der Waals surface area contributed by atoms with Crippen molar-refractivity contribution in [2.75, 3.05) is 20.5 Å². The van der Waals surface area contributed by atoms with Gasteiger partial charge >= 0.3 is 5.69 Å². The largest absolute Gasteiger partial charge is 0.454 e. The summed E-state index contributed by atoms with van der Waals surface area (Å²) in [5, 5.41) is 0.400. The number of aromatic nitrogens is 3. The van der Waals surface area contributed by atoms with Crippen LogP contribution in [0.15, 0.2) is 40.1 Å². The van der Waals surface area contributed by atoms with Crippen LogP contribution in [0.1, 0.15) is 0 Å². The van der Waals surface area contributed by atoms with Gasteiger partial charge in [0.1, 0.15) is 11.9 Å². The Kier molecular flexibility index (Phi) is 3.73. The summed E-state index contributed by atoms with van der Waals surface area (Å²) in [7, 11) is 1.56. The number of rotatable bonds is 4. The number of H-pyrrole nitrogens is 2. The molecule has 0 radical (unpaired) electrons. The molecule has 0 spiro atoms. The van der Waals surface area contributed by atoms with Crippen LogP contribution in [-0.2, 0) is 11.3 Å². The third kappa shape index (κ3) is 2.56. The van der Waals surface area contributed by atoms with Gasteiger partial charge in [0.2, 0.25) is 6.79 Å². The molecular formula is C17H16N3O5+. The predicted molar refractivity (Wildman–Crippen MR) is 88.8 cm³/mol. The second-order valence-corrected chi connectivity index (χ2v) is 5.59. The molecule has 128 valence electrons. The standard InChI is InChI=1S/C17H15N3O5/c1-23-7-6-20-15-14(16(21)19-17(20)22)11(4-5-18-15)10-2-3-12-13(8-10)25-9-24-12/h2-5,8H,6-7,9H2,1H3,(H,19,21,22)/p+1. The quantitative estimate of drug-likeness (QED) is 0.747. The molecule has 0 saturated carbocycles. The second kappa shape index (κ2) is 6.06. The molecule has 8 nitrogen and oxygen atoms in total. The van der Waals surface area contributed by atoms with E-state index in [-0.39, 0.29) is 6.79 Å². The molecule has 1 aliphatic heterocycles. The number of pyridine rings is 1. The Morgan fingerprint density at radius 1 is 1.24 bits per heavy atom. The highest BCUT2D eigenvalue weighted by Gasteiger charge is 2.21. The smallest absolute Gasteiger partial charge is 0.415 e. The Labute approximate surface area is 141 Å². The van der Waals surface area contributed by atoms with Crippen LogP contribution in [0.4, 0.5) is 0 Å². The number of methoxy groups -OCH3 is 1. The minimum Gasteiger partial charge on any atom is -0.454 e. The fraction of sp³-hybridized carbons (Fsp3) is 0.235. The molecule has 1 aromatic carbocycles. The summed E-state index contributed by atoms with van der Waals surface area (Å²) in [6, 6.07) is 7.27. The van der Waals surface area contributed by atoms with Crippen molar-refractivity contribution in [3.8, 4) is 22.6 Å². The van der Waals surface area contributed by atoms with Crippen molar-refractivity contribution in [1.82, 2.24) is 9.55 Å². The van der Waals surface area contributed by atoms with Crippen LogP contribution in [0.3, 0.4) is 0 Å². The summed E-state index contributed by atoms with van der Waals surface area (Å²) in [6.07, 6.45) is 1.70. The minimum atomic E-state index is -0.478. The van der Waals surface area contributed by atoms with Gasteiger partial charge in [-0.3, -0.25) is 9.78 Å². The van der Waals surface area contributed by atoms with E-state index in [2.05, 4.69) is 9.97 Å². The van der Waals surface area contributed by atoms with Gasteiger partial charge in [0, 0.05) is 12.7 Å². The fourth-order valence-electron chi connectivity index (χ4n) is 2.96. The topological polar surface area (TPSA) is 96.7 Å². The van der Waals surface area contributed by atoms with Crippen LogP contribution in [0.25, 0.3) is 22.2 Å². The van der Waals surface area contributed by atoms with Crippen LogP contribution in [-0.4, -0.2) is 30.1 Å². The molecule has 0 bridgehead atoms. The average molecular weight is 342 g/mol. The van der Waals surface area contributed by atoms with Crippen molar-refractivity contribution in [2.24, 2.45) is 0 Å². The Balaban J connectivity index is 1.96. The molecule has 4 rings (SSSR count). The van der Waals surface area contributed by atoms with Crippen LogP contribution < -0.4 is 25.7 Å². The molecule has 25 heavy (non-hydrogen) atoms. The van der Waals surface area contributed by atoms with Gasteiger partial charge in [-0.2, -0.15) is 4.57 Å². The van der Waals surface area contributed by atoms with Crippen molar-refractivity contribution in [2.45, 2.75) is 6.54 Å². The van der Waals surface area contributed by atoms with Gasteiger partial charge in [0.15, 0.2) is 11.5 Å². The first-order chi connectivity index (χ1) is 12.2. The van der Waals surface area contributed by atoms with E-state index in [1.54, 1.807) is 25.4 Å². The van der Waals surface area contributed by atoms with Crippen LogP contribution in [0, 0.1) is 0 Å². The van der Waals surface area contributed by atoms with Gasteiger partial charge in [-0.25, -0.2) is 9.78 Å². The summed E-state index contributed by atoms with van der Waals surface area (Å²) < 4.78 is 17.2. The molecule has 8 heteroatoms. The van der Waals surface area contributed by atoms with Crippen molar-refractivity contribution < 1.29 is 19.2 Å². The monoisotopic (exact) mass is 342 g/mol. The molecule has 2 N–H and O–H groups in total. The number of nitrogens with one attached hydrogen (secondary N) is 2. The lowest BCUT2D eigenvalue weighted by atomic mass is 10.0. The van der Waals surface area contributed by atoms with Crippen molar-refractivity contribution >= 4 is 11.0 Å². The normalized spacial score (nSPS) is 12.7. The first kappa shape index (κ1) is 15.4. The molecule has 3 heterocycles. The maximum Gasteiger partial charge on any atom is 0.415 e. The van der Waals surface area contributed by atoms with Crippen LogP contribution in [0.5, 0.6) is 11.5 Å². The van der Waals surface area contributed by atoms with Crippen molar-refractivity contribution in [1.29, 1.82) is 0 Å². The lowest BCUT2D eigenvalue weighted by Gasteiger charge is -2.07. The maximum absolute atomic E-state index is 12.5. The average Bonchev–Trinajstić information content (AvgIpc) is 3.08. The molecular weight excluding hydrogens is 326 g/mol. The van der Waals surface area contributed by atoms with E-state index < -0.39 is 11.2 Å². The maximum atomic E-state index is 12.5. The van der Waals surface area contributed by atoms with E-state index in [1.807, 2.05) is 12.1 Å². The number of nitrogens with zero attached hydrogens (tertiary/aromatic N) is 1. The van der Waals surface area contributed by atoms with Gasteiger partial charge in [-0.05, 0) is 23.8 Å². The zero-order chi connectivity index (χ0) is 17.4. The zero-order valence-electron chi connectivity index (χ0n) is 13.5. The van der Waals surface area contributed by atoms with E-state index in [9.17, 15) is 9.59 Å². The Morgan fingerprint density at radius 2 is 2.08 bits per heavy atom. The first-order valence-electron chi connectivity index (χ1n) is 7.75. The van der Waals surface area contributed by atoms with E-state index in [4.69, 9.17) is 14.2 Å². The summed E-state index contributed by atoms with van der Waals surface area (Å²) in [5.74, 6) is 1.30. The number of hydrogen-bond acceptors (Lipinski definition) is 5. The molecule has 0 unspecified atom stereocenters. The van der Waals surface area contributed by atoms with Crippen LogP contribution >= 0.6 is 0 Å². The summed E-state index contributed by atoms with van der Waals surface area (Å²) >= 11 is 0. The molecule has 2 aromatic heterocycles. The minimum absolute atomic E-state index is 0.180. The SMILES string of the molecule is COCCn1c(=O)[nH]c(=O)c2c(-c3ccc4c(c3)OCO4)cc[nH+]c21. The third-order valence-corrected chi connectivity index (χ3v) is 4.14. The lowest BCUT2D eigenvalue weighted by molar-refractivity contribution is -0.349. The van der Waals surface area contributed by atoms with E-state index in [1.165, 1.54) is 4.57 Å². The van der Waals surface area contributed by atoms with Gasteiger partial charge < -0.3 is 14.2 Å². The molecule has 0 saturated heterocycles. The highest BCUT2D eigenvalue weighted by molar-refractivity contribution is 5.90. The summed E-state index contributed by atoms with van der Waals surface area (Å²) in [5.41, 5.74) is 1.01. The van der Waals surface area contributed by atoms with Gasteiger partial charge in [-0.1, -0.05) is 6.07 Å². The predicted octanol–water partition coefficient (Wildman–Crippen LogP) is 0.546. The van der Waals surface area contributed by atoms with Crippen molar-refractivity contribution in [3.63, 3.8) is 0 Å². The Hall–Kier alpha value is -3.13. The van der Waals surface area contributed by atoms with Gasteiger partial charge in [0.25, 0.3) is 11.2 Å². The number of ether oxygens (including phenoxy) is 3. The van der Waals surface area contributed by atoms with Crippen LogP contribution in [0.2, 0.25) is 0 Å². The number of aromatic amines is 2. The Bertz CT molecular complexity index is 1070. The Morgan fingerprint density at radius 3 is 2.92 bits per heavy atom. The molecule has 3 aromatic rings. The number of hydrogen-bond donors (Lipinski definition) is 1. The summed E-state index contributed by atoms with van der Waals surface area (Å²) in [6.45, 7) is 0.853. The van der Waals surface area contributed by atoms with E-state index >= 15 is 0 Å². The first-order valence-corrected chi connectivity index (χ1v) is 7.75. The molecule has 0 atom stereocenters. The highest BCUT2D eigenvalue weighted by Crippen LogP contribution is 2.36. The third-order valence-electron chi connectivity index (χ3n) is 4.14. The lowest BCUT2D eigenvalue weighted by Crippen LogP contribution is -2.34. The van der Waals surface area contributed by atoms with E-state index in [0.29, 0.717) is 41.2 Å². The van der Waals surface area contributed by atoms with Crippen molar-refractivity contribution in [3.05, 3.63) is 51.3 Å². The molecule has 0 amide bonds. The number of fused-ring (bicyclic) bond motifs is 2. The fourth-order valence-corrected chi connectivity index (χ4v) is 2.96. The highest BCUT2D eigenvalue weighted by atomic mass is 16.7. The van der Waals surface area contributed by atoms with Gasteiger partial charge in [-0.15, -0.1) is 0 Å². The summed E-state index contributed by atoms with van der Waals surface area (Å²) in [4.78, 5) is 30.0. The number of benzene rings is 1.